The molecule has 0 N–H and O–H groups in total. The zero-order valence-electron chi connectivity index (χ0n) is 16.7. The summed E-state index contributed by atoms with van der Waals surface area (Å²) in [6.45, 7) is 0. The first-order valence-electron chi connectivity index (χ1n) is 9.96. The molecule has 2 bridgehead atoms. The maximum Gasteiger partial charge on any atom is 0.254 e. The Kier molecular flexibility index (Phi) is 4.34. The second kappa shape index (κ2) is 6.93. The Bertz CT molecular complexity index is 1160. The van der Waals surface area contributed by atoms with Crippen LogP contribution >= 0.6 is 0 Å². The van der Waals surface area contributed by atoms with Gasteiger partial charge in [0.1, 0.15) is 17.4 Å². The topological polar surface area (TPSA) is 47.4 Å². The molecule has 2 aromatic carbocycles. The van der Waals surface area contributed by atoms with Crippen molar-refractivity contribution < 1.29 is 18.3 Å². The van der Waals surface area contributed by atoms with Gasteiger partial charge in [-0.25, -0.2) is 8.78 Å². The molecule has 154 valence electrons. The fourth-order valence-corrected chi connectivity index (χ4v) is 4.87. The Labute approximate surface area is 172 Å². The highest BCUT2D eigenvalue weighted by atomic mass is 19.1. The summed E-state index contributed by atoms with van der Waals surface area (Å²) in [6.07, 6.45) is 2.22. The van der Waals surface area contributed by atoms with Gasteiger partial charge in [-0.15, -0.1) is 0 Å². The fraction of sp³-hybridized carbons (Fsp3) is 0.304. The van der Waals surface area contributed by atoms with Crippen molar-refractivity contribution in [2.75, 3.05) is 7.11 Å². The van der Waals surface area contributed by atoms with Crippen LogP contribution in [0.3, 0.4) is 0 Å². The summed E-state index contributed by atoms with van der Waals surface area (Å²) in [5.74, 6) is -0.400. The number of benzene rings is 2. The van der Waals surface area contributed by atoms with Crippen LogP contribution < -0.4 is 4.74 Å². The fourth-order valence-electron chi connectivity index (χ4n) is 4.87. The number of rotatable bonds is 3. The number of halogens is 2. The number of methoxy groups -OCH3 is 1. The Morgan fingerprint density at radius 1 is 1.17 bits per heavy atom. The number of carbonyl (C=O) groups is 1. The number of aromatic nitrogens is 2. The predicted octanol–water partition coefficient (Wildman–Crippen LogP) is 4.28. The molecule has 0 spiro atoms. The average molecular weight is 409 g/mol. The summed E-state index contributed by atoms with van der Waals surface area (Å²) < 4.78 is 35.2. The molecule has 1 aromatic heterocycles. The second-order valence-corrected chi connectivity index (χ2v) is 7.86. The molecular weight excluding hydrogens is 388 g/mol. The van der Waals surface area contributed by atoms with Crippen LogP contribution in [0.5, 0.6) is 5.75 Å². The van der Waals surface area contributed by atoms with Crippen LogP contribution in [0.2, 0.25) is 0 Å². The molecule has 5 nitrogen and oxygen atoms in total. The minimum absolute atomic E-state index is 0.000714. The number of nitrogens with zero attached hydrogens (tertiary/aromatic N) is 3. The number of hydrogen-bond donors (Lipinski definition) is 0. The second-order valence-electron chi connectivity index (χ2n) is 7.86. The third-order valence-electron chi connectivity index (χ3n) is 6.17. The van der Waals surface area contributed by atoms with Gasteiger partial charge in [-0.1, -0.05) is 6.07 Å². The number of amides is 1. The molecule has 7 heteroatoms. The molecule has 30 heavy (non-hydrogen) atoms. The molecule has 1 amide bonds. The van der Waals surface area contributed by atoms with E-state index < -0.39 is 11.6 Å². The van der Waals surface area contributed by atoms with Crippen LogP contribution in [0.1, 0.15) is 40.5 Å². The van der Waals surface area contributed by atoms with Crippen molar-refractivity contribution in [3.8, 4) is 17.0 Å². The first-order chi connectivity index (χ1) is 14.5. The highest BCUT2D eigenvalue weighted by Crippen LogP contribution is 2.47. The van der Waals surface area contributed by atoms with Gasteiger partial charge < -0.3 is 9.64 Å². The van der Waals surface area contributed by atoms with Gasteiger partial charge in [-0.3, -0.25) is 9.48 Å². The first kappa shape index (κ1) is 18.8. The molecular formula is C23H21F2N3O2. The van der Waals surface area contributed by atoms with E-state index in [0.717, 1.165) is 36.2 Å². The SMILES string of the molecule is COc1cccc(C(=O)N2[C@H]3CC[C@@H]2c2nn(C)c(-c4cc(F)ccc4F)c2C3)c1. The number of hydrogen-bond acceptors (Lipinski definition) is 3. The standard InChI is InChI=1S/C23H21F2N3O2/c1-27-22(17-11-14(24)6-8-19(17)25)18-12-15-7-9-20(21(18)26-27)28(15)23(29)13-4-3-5-16(10-13)30-2/h3-6,8,10-11,15,20H,7,9,12H2,1-2H3/t15-,20+/m0/s1. The van der Waals surface area contributed by atoms with Crippen molar-refractivity contribution in [1.82, 2.24) is 14.7 Å². The van der Waals surface area contributed by atoms with Gasteiger partial charge in [0, 0.05) is 29.8 Å². The first-order valence-corrected chi connectivity index (χ1v) is 9.96. The van der Waals surface area contributed by atoms with Crippen molar-refractivity contribution >= 4 is 5.91 Å². The highest BCUT2D eigenvalue weighted by molar-refractivity contribution is 5.95. The van der Waals surface area contributed by atoms with E-state index in [2.05, 4.69) is 5.10 Å². The largest absolute Gasteiger partial charge is 0.497 e. The lowest BCUT2D eigenvalue weighted by atomic mass is 9.94. The molecule has 2 aliphatic heterocycles. The Hall–Kier alpha value is -3.22. The Balaban J connectivity index is 1.56. The molecule has 0 saturated carbocycles. The van der Waals surface area contributed by atoms with Gasteiger partial charge >= 0.3 is 0 Å². The van der Waals surface area contributed by atoms with Gasteiger partial charge in [-0.2, -0.15) is 5.10 Å². The zero-order valence-corrected chi connectivity index (χ0v) is 16.7. The summed E-state index contributed by atoms with van der Waals surface area (Å²) in [7, 11) is 3.31. The monoisotopic (exact) mass is 409 g/mol. The number of fused-ring (bicyclic) bond motifs is 4. The number of aryl methyl sites for hydroxylation is 1. The predicted molar refractivity (Wildman–Crippen MR) is 107 cm³/mol. The van der Waals surface area contributed by atoms with E-state index in [4.69, 9.17) is 4.74 Å². The molecule has 2 atom stereocenters. The van der Waals surface area contributed by atoms with Gasteiger partial charge in [0.2, 0.25) is 0 Å². The van der Waals surface area contributed by atoms with Crippen molar-refractivity contribution in [2.45, 2.75) is 31.3 Å². The average Bonchev–Trinajstić information content (AvgIpc) is 3.25. The molecule has 5 rings (SSSR count). The van der Waals surface area contributed by atoms with E-state index in [1.54, 1.807) is 43.1 Å². The third-order valence-corrected chi connectivity index (χ3v) is 6.17. The molecule has 2 aliphatic rings. The lowest BCUT2D eigenvalue weighted by molar-refractivity contribution is 0.0642. The van der Waals surface area contributed by atoms with E-state index in [-0.39, 0.29) is 23.6 Å². The highest BCUT2D eigenvalue weighted by Gasteiger charge is 2.46. The molecule has 0 aliphatic carbocycles. The maximum atomic E-state index is 14.5. The van der Waals surface area contributed by atoms with Crippen molar-refractivity contribution in [2.24, 2.45) is 7.05 Å². The molecule has 1 saturated heterocycles. The third kappa shape index (κ3) is 2.80. The van der Waals surface area contributed by atoms with Crippen LogP contribution in [0.4, 0.5) is 8.78 Å². The van der Waals surface area contributed by atoms with Gasteiger partial charge in [0.15, 0.2) is 0 Å². The van der Waals surface area contributed by atoms with E-state index in [0.29, 0.717) is 23.4 Å². The maximum absolute atomic E-state index is 14.5. The summed E-state index contributed by atoms with van der Waals surface area (Å²) in [5, 5.41) is 4.65. The summed E-state index contributed by atoms with van der Waals surface area (Å²) >= 11 is 0. The Morgan fingerprint density at radius 2 is 2.00 bits per heavy atom. The van der Waals surface area contributed by atoms with Crippen LogP contribution in [0.15, 0.2) is 42.5 Å². The zero-order chi connectivity index (χ0) is 21.0. The normalized spacial score (nSPS) is 19.7. The number of ether oxygens (including phenoxy) is 1. The van der Waals surface area contributed by atoms with Crippen LogP contribution in [0, 0.1) is 11.6 Å². The minimum atomic E-state index is -0.491. The number of carbonyl (C=O) groups excluding carboxylic acids is 1. The quantitative estimate of drug-likeness (QED) is 0.649. The van der Waals surface area contributed by atoms with Crippen LogP contribution in [0.25, 0.3) is 11.3 Å². The Morgan fingerprint density at radius 3 is 2.80 bits per heavy atom. The van der Waals surface area contributed by atoms with Gasteiger partial charge in [0.05, 0.1) is 24.5 Å². The molecule has 1 fully saturated rings. The van der Waals surface area contributed by atoms with E-state index in [1.165, 1.54) is 6.07 Å². The lowest BCUT2D eigenvalue weighted by Gasteiger charge is -2.34. The summed E-state index contributed by atoms with van der Waals surface area (Å²) in [5.41, 5.74) is 3.05. The molecule has 0 radical (unpaired) electrons. The smallest absolute Gasteiger partial charge is 0.254 e. The summed E-state index contributed by atoms with van der Waals surface area (Å²) in [4.78, 5) is 15.2. The van der Waals surface area contributed by atoms with Crippen molar-refractivity contribution in [3.05, 3.63) is 70.9 Å². The summed E-state index contributed by atoms with van der Waals surface area (Å²) in [6, 6.07) is 10.4. The van der Waals surface area contributed by atoms with Gasteiger partial charge in [0.25, 0.3) is 5.91 Å². The molecule has 3 heterocycles. The molecule has 3 aromatic rings. The molecule has 0 unspecified atom stereocenters. The van der Waals surface area contributed by atoms with Crippen molar-refractivity contribution in [1.29, 1.82) is 0 Å². The van der Waals surface area contributed by atoms with E-state index in [1.807, 2.05) is 4.90 Å². The van der Waals surface area contributed by atoms with E-state index >= 15 is 0 Å². The lowest BCUT2D eigenvalue weighted by Crippen LogP contribution is -2.41. The minimum Gasteiger partial charge on any atom is -0.497 e. The van der Waals surface area contributed by atoms with Crippen molar-refractivity contribution in [3.63, 3.8) is 0 Å². The van der Waals surface area contributed by atoms with Crippen LogP contribution in [-0.2, 0) is 13.5 Å². The van der Waals surface area contributed by atoms with Gasteiger partial charge in [-0.05, 0) is 55.7 Å². The van der Waals surface area contributed by atoms with Crippen LogP contribution in [-0.4, -0.2) is 33.7 Å². The van der Waals surface area contributed by atoms with E-state index in [9.17, 15) is 13.6 Å².